The average Bonchev–Trinajstić information content (AvgIpc) is 1.74. The lowest BCUT2D eigenvalue weighted by Gasteiger charge is -2.35. The van der Waals surface area contributed by atoms with Crippen molar-refractivity contribution < 1.29 is 5.11 Å². The quantitative estimate of drug-likeness (QED) is 0.0911. The number of hydrogen-bond donors (Lipinski definition) is 3. The molecule has 0 atom stereocenters. The molecule has 0 radical (unpaired) electrons. The van der Waals surface area contributed by atoms with Crippen molar-refractivity contribution in [3.05, 3.63) is 245 Å². The third-order valence-electron chi connectivity index (χ3n) is 24.8. The Labute approximate surface area is 712 Å². The third kappa shape index (κ3) is 17.8. The Morgan fingerprint density at radius 3 is 1.27 bits per heavy atom. The predicted molar refractivity (Wildman–Crippen MR) is 485 cm³/mol. The lowest BCUT2D eigenvalue weighted by atomic mass is 9.90. The van der Waals surface area contributed by atoms with Crippen LogP contribution in [0.25, 0.3) is 101 Å². The molecule has 2 aromatic carbocycles. The van der Waals surface area contributed by atoms with E-state index < -0.39 is 0 Å². The van der Waals surface area contributed by atoms with Crippen LogP contribution in [-0.4, -0.2) is 198 Å². The minimum Gasteiger partial charge on any atom is -0.395 e. The van der Waals surface area contributed by atoms with E-state index in [-0.39, 0.29) is 28.8 Å². The first kappa shape index (κ1) is 82.8. The molecular weight excluding hydrogens is 1550 g/mol. The Bertz CT molecular complexity index is 6900. The monoisotopic (exact) mass is 1650 g/mol. The number of aliphatic hydroxyl groups excluding tert-OH is 1. The van der Waals surface area contributed by atoms with Gasteiger partial charge in [0.25, 0.3) is 22.2 Å². The second-order valence-corrected chi connectivity index (χ2v) is 33.9. The van der Waals surface area contributed by atoms with Crippen LogP contribution in [0.15, 0.2) is 178 Å². The largest absolute Gasteiger partial charge is 0.395 e. The van der Waals surface area contributed by atoms with Gasteiger partial charge in [-0.1, -0.05) is 45.0 Å². The molecule has 0 bridgehead atoms. The van der Waals surface area contributed by atoms with E-state index in [0.717, 1.165) is 206 Å². The number of β-amino-alcohol motifs (C(OH)–C–C–N with tert-alkyl or cyclic N) is 1. The lowest BCUT2D eigenvalue weighted by molar-refractivity contribution is 0.164. The fraction of sp³-hybridized carbons (Fsp3) is 0.383. The SMILES string of the molecule is CCN1CCC(c2ccc3nc(-c4ccc5nn(C)cc5c4)cc(=O)n3c2)CC1.CNC1CCN(c2cc(C)c3nc(-c4cc5c(C)nc(C)cn5n4)cc(=O)n3c2)CC1.Cc1cn2nc(-c3cc(=O)n4cc(N5CCC(NC(C)C)CC5)cc(C)c4n3)cc2c(C)n1.Cn1cc2cc(-c3cc(=O)n4cc(C5CCN(CCO)CC5)ccc4n3)ccc2n1. The molecule has 4 saturated heterocycles. The number of fused-ring (bicyclic) bond motifs is 8. The number of rotatable bonds is 14. The summed E-state index contributed by atoms with van der Waals surface area (Å²) in [5.74, 6) is 0.950. The van der Waals surface area contributed by atoms with E-state index in [2.05, 4.69) is 106 Å². The summed E-state index contributed by atoms with van der Waals surface area (Å²) in [6, 6.07) is 36.3. The number of anilines is 2. The van der Waals surface area contributed by atoms with Gasteiger partial charge >= 0.3 is 0 Å². The minimum atomic E-state index is -0.0989. The molecule has 20 rings (SSSR count). The van der Waals surface area contributed by atoms with Gasteiger partial charge in [0.2, 0.25) is 0 Å². The van der Waals surface area contributed by atoms with Crippen LogP contribution >= 0.6 is 0 Å². The highest BCUT2D eigenvalue weighted by atomic mass is 16.3. The van der Waals surface area contributed by atoms with Crippen LogP contribution < -0.4 is 42.7 Å². The molecule has 0 unspecified atom stereocenters. The molecule has 29 heteroatoms. The van der Waals surface area contributed by atoms with E-state index in [1.54, 1.807) is 55.7 Å². The molecule has 3 N–H and O–H groups in total. The summed E-state index contributed by atoms with van der Waals surface area (Å²) in [6.45, 7) is 28.6. The Kier molecular flexibility index (Phi) is 23.6. The predicted octanol–water partition coefficient (Wildman–Crippen LogP) is 11.7. The molecule has 4 fully saturated rings. The van der Waals surface area contributed by atoms with E-state index in [9.17, 15) is 19.2 Å². The molecular formula is C94H108N24O5. The van der Waals surface area contributed by atoms with Crippen molar-refractivity contribution in [2.45, 2.75) is 144 Å². The van der Waals surface area contributed by atoms with Crippen LogP contribution in [0.4, 0.5) is 11.4 Å². The number of hydrogen-bond acceptors (Lipinski definition) is 21. The van der Waals surface area contributed by atoms with Crippen molar-refractivity contribution in [1.29, 1.82) is 0 Å². The second-order valence-electron chi connectivity index (χ2n) is 33.9. The van der Waals surface area contributed by atoms with Crippen molar-refractivity contribution in [3.8, 4) is 45.3 Å². The normalized spacial score (nSPS) is 15.6. The molecule has 4 aliphatic heterocycles. The number of nitrogens with one attached hydrogen (secondary N) is 2. The van der Waals surface area contributed by atoms with Crippen molar-refractivity contribution in [2.24, 2.45) is 14.1 Å². The topological polar surface area (TPSA) is 291 Å². The highest BCUT2D eigenvalue weighted by Gasteiger charge is 2.27. The van der Waals surface area contributed by atoms with Crippen LogP contribution in [0.2, 0.25) is 0 Å². The summed E-state index contributed by atoms with van der Waals surface area (Å²) in [4.78, 5) is 89.5. The summed E-state index contributed by atoms with van der Waals surface area (Å²) < 4.78 is 13.9. The first-order chi connectivity index (χ1) is 59.4. The number of likely N-dealkylation sites (tertiary alicyclic amines) is 2. The standard InChI is InChI=1S/C25H31N7O.C23H27N7O.C23H25N5O2.C23H25N5O/c1-15(2)26-19-6-8-30(9-7-19)20-10-16(3)25-28-21(12-24(33)31(25)14-20)22-11-23-18(5)27-17(4)13-32(23)29-22;1-14-9-18(28-7-5-17(24-4)6-8-28)13-29-22(31)11-19(26-23(14)29)20-10-21-16(3)25-15(2)12-30(21)27-20;1-26-14-19-12-17(2-4-20(19)25-26)21-13-23(30)28-15-18(3-5-22(28)24-21)16-6-8-27(9-7-16)10-11-29;1-3-27-10-8-16(9-11-27)18-5-7-22-24-21(13-23(29)28(22)15-18)17-4-6-20-19(12-17)14-26(2)25-20/h10-15,19,26H,6-9H2,1-5H3;9-13,17,24H,5-8H2,1-4H3;2-5,12-16,29H,6-11H2,1H3;4-7,12-16H,3,8-11H2,1-2H3. The fourth-order valence-electron chi connectivity index (χ4n) is 18.2. The molecule has 634 valence electrons. The lowest BCUT2D eigenvalue weighted by Crippen LogP contribution is -2.44. The minimum absolute atomic E-state index is 0.0378. The van der Waals surface area contributed by atoms with Crippen LogP contribution in [0.5, 0.6) is 0 Å². The van der Waals surface area contributed by atoms with E-state index in [4.69, 9.17) is 25.0 Å². The van der Waals surface area contributed by atoms with Crippen molar-refractivity contribution >= 4 is 66.8 Å². The molecule has 0 saturated carbocycles. The Hall–Kier alpha value is -12.5. The van der Waals surface area contributed by atoms with Crippen molar-refractivity contribution in [3.63, 3.8) is 0 Å². The molecule has 0 aliphatic carbocycles. The van der Waals surface area contributed by atoms with E-state index in [1.165, 1.54) is 11.1 Å². The summed E-state index contributed by atoms with van der Waals surface area (Å²) >= 11 is 0. The molecule has 4 aliphatic rings. The van der Waals surface area contributed by atoms with Crippen LogP contribution in [0.1, 0.15) is 129 Å². The van der Waals surface area contributed by atoms with Crippen molar-refractivity contribution in [1.82, 2.24) is 107 Å². The van der Waals surface area contributed by atoms with Gasteiger partial charge < -0.3 is 35.3 Å². The van der Waals surface area contributed by atoms with Crippen LogP contribution in [0.3, 0.4) is 0 Å². The van der Waals surface area contributed by atoms with Gasteiger partial charge in [0.05, 0.1) is 98.0 Å². The fourth-order valence-corrected chi connectivity index (χ4v) is 18.2. The van der Waals surface area contributed by atoms with E-state index in [1.807, 2.05) is 177 Å². The number of benzene rings is 2. The Morgan fingerprint density at radius 2 is 0.846 bits per heavy atom. The molecule has 123 heavy (non-hydrogen) atoms. The van der Waals surface area contributed by atoms with Crippen LogP contribution in [-0.2, 0) is 14.1 Å². The third-order valence-corrected chi connectivity index (χ3v) is 24.8. The zero-order valence-corrected chi connectivity index (χ0v) is 72.3. The van der Waals surface area contributed by atoms with Gasteiger partial charge in [-0.2, -0.15) is 20.4 Å². The molecule has 16 aromatic rings. The number of nitrogens with zero attached hydrogens (tertiary/aromatic N) is 22. The first-order valence-corrected chi connectivity index (χ1v) is 43.1. The summed E-state index contributed by atoms with van der Waals surface area (Å²) in [7, 11) is 5.82. The highest BCUT2D eigenvalue weighted by Crippen LogP contribution is 2.34. The van der Waals surface area contributed by atoms with Gasteiger partial charge in [0.15, 0.2) is 0 Å². The van der Waals surface area contributed by atoms with Crippen LogP contribution in [0, 0.1) is 41.5 Å². The van der Waals surface area contributed by atoms with Gasteiger partial charge in [-0.3, -0.25) is 56.1 Å². The second kappa shape index (κ2) is 35.1. The summed E-state index contributed by atoms with van der Waals surface area (Å²) in [5.41, 5.74) is 21.9. The molecule has 29 nitrogen and oxygen atoms in total. The Morgan fingerprint density at radius 1 is 0.423 bits per heavy atom. The summed E-state index contributed by atoms with van der Waals surface area (Å²) in [6.07, 6.45) is 24.3. The first-order valence-electron chi connectivity index (χ1n) is 43.1. The maximum atomic E-state index is 13.1. The Balaban J connectivity index is 0.000000116. The number of piperidine rings is 4. The van der Waals surface area contributed by atoms with Crippen molar-refractivity contribution in [2.75, 3.05) is 88.9 Å². The van der Waals surface area contributed by atoms with Gasteiger partial charge in [0, 0.05) is 148 Å². The molecule has 0 spiro atoms. The summed E-state index contributed by atoms with van der Waals surface area (Å²) in [5, 5.41) is 36.3. The van der Waals surface area contributed by atoms with Gasteiger partial charge in [-0.15, -0.1) is 0 Å². The number of aryl methyl sites for hydroxylation is 8. The molecule has 14 aromatic heterocycles. The molecule has 18 heterocycles. The smallest absolute Gasteiger partial charge is 0.258 e. The zero-order valence-electron chi connectivity index (χ0n) is 72.3. The van der Waals surface area contributed by atoms with E-state index >= 15 is 0 Å². The average molecular weight is 1650 g/mol. The molecule has 0 amide bonds. The van der Waals surface area contributed by atoms with Gasteiger partial charge in [0.1, 0.15) is 34.0 Å². The maximum Gasteiger partial charge on any atom is 0.258 e. The number of aliphatic hydroxyl groups is 1. The zero-order chi connectivity index (χ0) is 85.6. The number of aromatic nitrogens is 18. The highest BCUT2D eigenvalue weighted by molar-refractivity contribution is 5.85. The maximum absolute atomic E-state index is 13.1. The van der Waals surface area contributed by atoms with Gasteiger partial charge in [-0.25, -0.2) is 29.0 Å². The number of pyridine rings is 4. The van der Waals surface area contributed by atoms with E-state index in [0.29, 0.717) is 86.7 Å². The van der Waals surface area contributed by atoms with Gasteiger partial charge in [-0.05, 0) is 227 Å².